The van der Waals surface area contributed by atoms with Gasteiger partial charge in [-0.05, 0) is 29.5 Å². The number of carbonyl (C=O) groups is 4. The van der Waals surface area contributed by atoms with E-state index in [0.717, 1.165) is 16.7 Å². The number of rotatable bonds is 16. The number of primary amides is 1. The zero-order chi connectivity index (χ0) is 31.7. The van der Waals surface area contributed by atoms with Gasteiger partial charge in [0.1, 0.15) is 24.7 Å². The zero-order valence-corrected chi connectivity index (χ0v) is 24.4. The third-order valence-electron chi connectivity index (χ3n) is 6.62. The van der Waals surface area contributed by atoms with Gasteiger partial charge in [0.2, 0.25) is 17.7 Å². The number of aliphatic imine (C=N–C) groups is 1. The van der Waals surface area contributed by atoms with Gasteiger partial charge in [-0.1, -0.05) is 91.0 Å². The van der Waals surface area contributed by atoms with E-state index in [0.29, 0.717) is 6.42 Å². The van der Waals surface area contributed by atoms with Gasteiger partial charge in [-0.3, -0.25) is 19.4 Å². The molecule has 0 heterocycles. The fourth-order valence-corrected chi connectivity index (χ4v) is 4.36. The summed E-state index contributed by atoms with van der Waals surface area (Å²) in [5, 5.41) is 8.04. The maximum atomic E-state index is 13.7. The molecule has 0 aliphatic heterocycles. The van der Waals surface area contributed by atoms with Crippen molar-refractivity contribution in [1.29, 1.82) is 0 Å². The van der Waals surface area contributed by atoms with Gasteiger partial charge in [-0.25, -0.2) is 4.79 Å². The van der Waals surface area contributed by atoms with E-state index in [1.165, 1.54) is 0 Å². The van der Waals surface area contributed by atoms with Gasteiger partial charge in [-0.15, -0.1) is 0 Å². The quantitative estimate of drug-likeness (QED) is 0.0805. The zero-order valence-electron chi connectivity index (χ0n) is 24.4. The third-order valence-corrected chi connectivity index (χ3v) is 6.62. The van der Waals surface area contributed by atoms with Crippen LogP contribution in [0.25, 0.3) is 0 Å². The first-order chi connectivity index (χ1) is 21.2. The smallest absolute Gasteiger partial charge is 0.408 e. The Bertz CT molecular complexity index is 1380. The topological polar surface area (TPSA) is 204 Å². The molecule has 4 amide bonds. The van der Waals surface area contributed by atoms with E-state index in [1.807, 2.05) is 91.0 Å². The van der Waals surface area contributed by atoms with E-state index in [2.05, 4.69) is 20.9 Å². The highest BCUT2D eigenvalue weighted by Crippen LogP contribution is 2.09. The van der Waals surface area contributed by atoms with Crippen molar-refractivity contribution >= 4 is 29.8 Å². The molecule has 12 heteroatoms. The van der Waals surface area contributed by atoms with Crippen molar-refractivity contribution in [2.45, 2.75) is 50.4 Å². The molecule has 44 heavy (non-hydrogen) atoms. The molecule has 0 saturated carbocycles. The number of ether oxygens (including phenoxy) is 1. The van der Waals surface area contributed by atoms with Crippen LogP contribution in [0, 0.1) is 0 Å². The maximum Gasteiger partial charge on any atom is 0.408 e. The summed E-state index contributed by atoms with van der Waals surface area (Å²) in [7, 11) is 0. The number of carbonyl (C=O) groups excluding carboxylic acids is 4. The van der Waals surface area contributed by atoms with Crippen LogP contribution in [0.3, 0.4) is 0 Å². The Balaban J connectivity index is 1.76. The number of hydrogen-bond acceptors (Lipinski definition) is 6. The molecule has 0 radical (unpaired) electrons. The molecule has 0 aromatic heterocycles. The second-order valence-corrected chi connectivity index (χ2v) is 10.1. The molecule has 0 unspecified atom stereocenters. The summed E-state index contributed by atoms with van der Waals surface area (Å²) in [5.74, 6) is -2.04. The summed E-state index contributed by atoms with van der Waals surface area (Å²) < 4.78 is 5.35. The van der Waals surface area contributed by atoms with Crippen LogP contribution in [0.15, 0.2) is 96.0 Å². The van der Waals surface area contributed by atoms with E-state index in [9.17, 15) is 19.2 Å². The number of nitrogens with one attached hydrogen (secondary N) is 3. The molecule has 3 rings (SSSR count). The summed E-state index contributed by atoms with van der Waals surface area (Å²) in [5.41, 5.74) is 18.6. The monoisotopic (exact) mass is 601 g/mol. The van der Waals surface area contributed by atoms with Crippen molar-refractivity contribution < 1.29 is 23.9 Å². The number of benzene rings is 3. The minimum absolute atomic E-state index is 0.0169. The molecular formula is C32H39N7O5. The van der Waals surface area contributed by atoms with Gasteiger partial charge in [0, 0.05) is 19.4 Å². The molecule has 0 aliphatic carbocycles. The molecule has 9 N–H and O–H groups in total. The highest BCUT2D eigenvalue weighted by atomic mass is 16.5. The Morgan fingerprint density at radius 2 is 1.09 bits per heavy atom. The first-order valence-electron chi connectivity index (χ1n) is 14.2. The predicted octanol–water partition coefficient (Wildman–Crippen LogP) is 1.28. The van der Waals surface area contributed by atoms with Crippen molar-refractivity contribution in [2.24, 2.45) is 22.2 Å². The Hall–Kier alpha value is -5.39. The second kappa shape index (κ2) is 17.5. The molecule has 232 valence electrons. The highest BCUT2D eigenvalue weighted by molar-refractivity contribution is 5.93. The van der Waals surface area contributed by atoms with Gasteiger partial charge in [0.25, 0.3) is 0 Å². The van der Waals surface area contributed by atoms with Crippen LogP contribution in [0.1, 0.15) is 29.5 Å². The number of hydrogen-bond donors (Lipinski definition) is 6. The molecule has 0 aliphatic rings. The molecule has 0 bridgehead atoms. The highest BCUT2D eigenvalue weighted by Gasteiger charge is 2.30. The molecular weight excluding hydrogens is 562 g/mol. The SMILES string of the molecule is NC(=O)[C@H](CCCN=C(N)N)NC(=O)[C@H](Cc1ccccc1)NC(=O)[C@H](Cc1ccccc1)NC(=O)OCc1ccccc1. The van der Waals surface area contributed by atoms with Crippen LogP contribution in [0.4, 0.5) is 4.79 Å². The standard InChI is InChI=1S/C32H39N7O5/c33-28(40)25(17-10-18-36-31(34)35)37-29(41)26(19-22-11-4-1-5-12-22)38-30(42)27(20-23-13-6-2-7-14-23)39-32(43)44-21-24-15-8-3-9-16-24/h1-9,11-16,25-27H,10,17-21H2,(H2,33,40)(H,37,41)(H,38,42)(H,39,43)(H4,34,35,36)/t25-,26-,27-/m0/s1. The van der Waals surface area contributed by atoms with Crippen LogP contribution < -0.4 is 33.2 Å². The van der Waals surface area contributed by atoms with Crippen molar-refractivity contribution in [3.05, 3.63) is 108 Å². The number of amides is 4. The molecule has 12 nitrogen and oxygen atoms in total. The summed E-state index contributed by atoms with van der Waals surface area (Å²) in [6, 6.07) is 24.2. The molecule has 3 aromatic carbocycles. The van der Waals surface area contributed by atoms with E-state index in [4.69, 9.17) is 21.9 Å². The van der Waals surface area contributed by atoms with Crippen molar-refractivity contribution in [3.63, 3.8) is 0 Å². The largest absolute Gasteiger partial charge is 0.445 e. The molecule has 0 spiro atoms. The van der Waals surface area contributed by atoms with Gasteiger partial charge < -0.3 is 37.9 Å². The second-order valence-electron chi connectivity index (χ2n) is 10.1. The Kier molecular flexibility index (Phi) is 13.2. The molecule has 0 fully saturated rings. The minimum atomic E-state index is -1.09. The average Bonchev–Trinajstić information content (AvgIpc) is 3.02. The van der Waals surface area contributed by atoms with Crippen LogP contribution in [0.2, 0.25) is 0 Å². The van der Waals surface area contributed by atoms with Crippen LogP contribution in [-0.4, -0.2) is 54.4 Å². The molecule has 0 saturated heterocycles. The lowest BCUT2D eigenvalue weighted by molar-refractivity contribution is -0.132. The van der Waals surface area contributed by atoms with Crippen molar-refractivity contribution in [3.8, 4) is 0 Å². The molecule has 3 aromatic rings. The minimum Gasteiger partial charge on any atom is -0.445 e. The Morgan fingerprint density at radius 3 is 1.57 bits per heavy atom. The lowest BCUT2D eigenvalue weighted by Gasteiger charge is -2.25. The maximum absolute atomic E-state index is 13.7. The van der Waals surface area contributed by atoms with Crippen molar-refractivity contribution in [1.82, 2.24) is 16.0 Å². The average molecular weight is 602 g/mol. The summed E-state index contributed by atoms with van der Waals surface area (Å²) in [6.07, 6.45) is 0.0458. The Morgan fingerprint density at radius 1 is 0.636 bits per heavy atom. The van der Waals surface area contributed by atoms with Gasteiger partial charge >= 0.3 is 6.09 Å². The summed E-state index contributed by atoms with van der Waals surface area (Å²) >= 11 is 0. The van der Waals surface area contributed by atoms with E-state index in [1.54, 1.807) is 0 Å². The lowest BCUT2D eigenvalue weighted by Crippen LogP contribution is -2.57. The Labute approximate surface area is 256 Å². The van der Waals surface area contributed by atoms with Crippen LogP contribution in [-0.2, 0) is 38.6 Å². The third kappa shape index (κ3) is 11.8. The van der Waals surface area contributed by atoms with Gasteiger partial charge in [-0.2, -0.15) is 0 Å². The summed E-state index contributed by atoms with van der Waals surface area (Å²) in [6.45, 7) is 0.266. The normalized spacial score (nSPS) is 12.5. The summed E-state index contributed by atoms with van der Waals surface area (Å²) in [4.78, 5) is 55.9. The first-order valence-corrected chi connectivity index (χ1v) is 14.2. The number of nitrogens with zero attached hydrogens (tertiary/aromatic N) is 1. The van der Waals surface area contributed by atoms with E-state index in [-0.39, 0.29) is 38.4 Å². The fourth-order valence-electron chi connectivity index (χ4n) is 4.36. The van der Waals surface area contributed by atoms with E-state index < -0.39 is 41.9 Å². The van der Waals surface area contributed by atoms with Gasteiger partial charge in [0.15, 0.2) is 5.96 Å². The number of nitrogens with two attached hydrogens (primary N) is 3. The molecule has 3 atom stereocenters. The number of alkyl carbamates (subject to hydrolysis) is 1. The first kappa shape index (κ1) is 33.1. The van der Waals surface area contributed by atoms with Crippen molar-refractivity contribution in [2.75, 3.05) is 6.54 Å². The van der Waals surface area contributed by atoms with Crippen LogP contribution in [0.5, 0.6) is 0 Å². The van der Waals surface area contributed by atoms with E-state index >= 15 is 0 Å². The predicted molar refractivity (Wildman–Crippen MR) is 167 cm³/mol. The lowest BCUT2D eigenvalue weighted by atomic mass is 10.0. The number of guanidine groups is 1. The fraction of sp³-hybridized carbons (Fsp3) is 0.281. The van der Waals surface area contributed by atoms with Crippen LogP contribution >= 0.6 is 0 Å². The van der Waals surface area contributed by atoms with Gasteiger partial charge in [0.05, 0.1) is 0 Å².